The van der Waals surface area contributed by atoms with Gasteiger partial charge in [0.05, 0.1) is 7.11 Å². The van der Waals surface area contributed by atoms with Gasteiger partial charge in [0.1, 0.15) is 11.9 Å². The van der Waals surface area contributed by atoms with Gasteiger partial charge < -0.3 is 18.9 Å². The van der Waals surface area contributed by atoms with Crippen LogP contribution in [0.3, 0.4) is 0 Å². The molecular weight excluding hydrogens is 244 g/mol. The summed E-state index contributed by atoms with van der Waals surface area (Å²) in [5.41, 5.74) is 1.17. The van der Waals surface area contributed by atoms with Gasteiger partial charge in [-0.25, -0.2) is 0 Å². The molecule has 108 valence electrons. The van der Waals surface area contributed by atoms with Crippen LogP contribution in [-0.4, -0.2) is 39.8 Å². The van der Waals surface area contributed by atoms with E-state index in [-0.39, 0.29) is 12.4 Å². The molecule has 0 bridgehead atoms. The topological polar surface area (TPSA) is 36.9 Å². The van der Waals surface area contributed by atoms with Crippen LogP contribution in [0.5, 0.6) is 5.75 Å². The van der Waals surface area contributed by atoms with Gasteiger partial charge >= 0.3 is 0 Å². The van der Waals surface area contributed by atoms with Crippen LogP contribution < -0.4 is 4.74 Å². The molecular formula is C15H24O4. The molecule has 0 fully saturated rings. The maximum atomic E-state index is 5.73. The average Bonchev–Trinajstić information content (AvgIpc) is 2.45. The van der Waals surface area contributed by atoms with Crippen LogP contribution in [-0.2, 0) is 20.6 Å². The molecule has 2 atom stereocenters. The van der Waals surface area contributed by atoms with Crippen molar-refractivity contribution in [3.8, 4) is 5.75 Å². The van der Waals surface area contributed by atoms with Crippen LogP contribution >= 0.6 is 0 Å². The van der Waals surface area contributed by atoms with Gasteiger partial charge in [-0.1, -0.05) is 12.1 Å². The third-order valence-corrected chi connectivity index (χ3v) is 2.84. The lowest BCUT2D eigenvalue weighted by Gasteiger charge is -2.25. The molecule has 4 nitrogen and oxygen atoms in total. The summed E-state index contributed by atoms with van der Waals surface area (Å²) in [7, 11) is 3.30. The van der Waals surface area contributed by atoms with Crippen LogP contribution in [0, 0.1) is 0 Å². The van der Waals surface area contributed by atoms with Crippen molar-refractivity contribution in [3.05, 3.63) is 29.8 Å². The normalized spacial score (nSPS) is 14.1. The quantitative estimate of drug-likeness (QED) is 0.645. The van der Waals surface area contributed by atoms with Crippen molar-refractivity contribution in [1.82, 2.24) is 0 Å². The summed E-state index contributed by atoms with van der Waals surface area (Å²) in [4.78, 5) is 0. The summed E-state index contributed by atoms with van der Waals surface area (Å²) in [5.74, 6) is 0.852. The summed E-state index contributed by atoms with van der Waals surface area (Å²) in [6, 6.07) is 7.95. The van der Waals surface area contributed by atoms with E-state index in [1.54, 1.807) is 14.2 Å². The first-order chi connectivity index (χ1) is 9.24. The monoisotopic (exact) mass is 268 g/mol. The summed E-state index contributed by atoms with van der Waals surface area (Å²) in [6.45, 7) is 5.15. The van der Waals surface area contributed by atoms with Crippen LogP contribution in [0.1, 0.15) is 19.4 Å². The minimum Gasteiger partial charge on any atom is -0.497 e. The first-order valence-electron chi connectivity index (χ1n) is 6.64. The first kappa shape index (κ1) is 16.0. The van der Waals surface area contributed by atoms with Gasteiger partial charge in [-0.3, -0.25) is 0 Å². The number of hydrogen-bond donors (Lipinski definition) is 0. The summed E-state index contributed by atoms with van der Waals surface area (Å²) >= 11 is 0. The van der Waals surface area contributed by atoms with E-state index in [9.17, 15) is 0 Å². The number of rotatable bonds is 9. The molecule has 0 amide bonds. The van der Waals surface area contributed by atoms with Crippen molar-refractivity contribution in [3.63, 3.8) is 0 Å². The average molecular weight is 268 g/mol. The minimum atomic E-state index is -0.341. The zero-order valence-electron chi connectivity index (χ0n) is 12.2. The summed E-state index contributed by atoms with van der Waals surface area (Å²) in [5, 5.41) is 0. The lowest BCUT2D eigenvalue weighted by atomic mass is 10.1. The van der Waals surface area contributed by atoms with Crippen LogP contribution in [0.2, 0.25) is 0 Å². The molecule has 0 radical (unpaired) electrons. The van der Waals surface area contributed by atoms with Crippen molar-refractivity contribution in [2.24, 2.45) is 0 Å². The van der Waals surface area contributed by atoms with E-state index < -0.39 is 0 Å². The Morgan fingerprint density at radius 2 is 1.58 bits per heavy atom. The van der Waals surface area contributed by atoms with Crippen molar-refractivity contribution in [2.45, 2.75) is 32.7 Å². The number of hydrogen-bond acceptors (Lipinski definition) is 4. The Morgan fingerprint density at radius 1 is 0.947 bits per heavy atom. The molecule has 0 N–H and O–H groups in total. The third-order valence-electron chi connectivity index (χ3n) is 2.84. The smallest absolute Gasteiger partial charge is 0.183 e. The second-order valence-electron chi connectivity index (χ2n) is 4.11. The molecule has 0 spiro atoms. The predicted octanol–water partition coefficient (Wildman–Crippen LogP) is 2.65. The van der Waals surface area contributed by atoms with E-state index >= 15 is 0 Å². The fraction of sp³-hybridized carbons (Fsp3) is 0.600. The van der Waals surface area contributed by atoms with E-state index in [1.165, 1.54) is 5.56 Å². The molecule has 2 unspecified atom stereocenters. The molecule has 19 heavy (non-hydrogen) atoms. The summed E-state index contributed by atoms with van der Waals surface area (Å²) in [6.07, 6.45) is 0.298. The molecule has 0 saturated carbocycles. The lowest BCUT2D eigenvalue weighted by molar-refractivity contribution is -0.190. The van der Waals surface area contributed by atoms with Gasteiger partial charge in [0.25, 0.3) is 0 Å². The molecule has 0 aliphatic rings. The Labute approximate surface area is 115 Å². The summed E-state index contributed by atoms with van der Waals surface area (Å²) < 4.78 is 21.8. The molecule has 1 rings (SSSR count). The number of methoxy groups -OCH3 is 2. The Hall–Kier alpha value is -1.10. The number of benzene rings is 1. The van der Waals surface area contributed by atoms with Crippen molar-refractivity contribution < 1.29 is 18.9 Å². The largest absolute Gasteiger partial charge is 0.497 e. The Morgan fingerprint density at radius 3 is 2.05 bits per heavy atom. The van der Waals surface area contributed by atoms with Crippen LogP contribution in [0.15, 0.2) is 24.3 Å². The van der Waals surface area contributed by atoms with Gasteiger partial charge in [-0.05, 0) is 31.5 Å². The van der Waals surface area contributed by atoms with Crippen molar-refractivity contribution in [2.75, 3.05) is 27.4 Å². The molecule has 0 saturated heterocycles. The first-order valence-corrected chi connectivity index (χ1v) is 6.64. The highest BCUT2D eigenvalue weighted by atomic mass is 16.7. The van der Waals surface area contributed by atoms with Gasteiger partial charge in [0.2, 0.25) is 0 Å². The van der Waals surface area contributed by atoms with E-state index in [0.717, 1.165) is 12.2 Å². The molecule has 0 heterocycles. The molecule has 0 aliphatic heterocycles. The fourth-order valence-electron chi connectivity index (χ4n) is 1.93. The van der Waals surface area contributed by atoms with Crippen molar-refractivity contribution >= 4 is 0 Å². The fourth-order valence-corrected chi connectivity index (χ4v) is 1.93. The van der Waals surface area contributed by atoms with Crippen molar-refractivity contribution in [1.29, 1.82) is 0 Å². The second-order valence-corrected chi connectivity index (χ2v) is 4.11. The van der Waals surface area contributed by atoms with E-state index in [2.05, 4.69) is 0 Å². The SMILES string of the molecule is CCOC(Cc1ccc(OC)cc1)C(OC)OCC. The highest BCUT2D eigenvalue weighted by Gasteiger charge is 2.22. The highest BCUT2D eigenvalue weighted by Crippen LogP contribution is 2.16. The van der Waals surface area contributed by atoms with Gasteiger partial charge in [-0.2, -0.15) is 0 Å². The molecule has 1 aromatic carbocycles. The maximum Gasteiger partial charge on any atom is 0.183 e. The maximum absolute atomic E-state index is 5.73. The molecule has 0 aromatic heterocycles. The highest BCUT2D eigenvalue weighted by molar-refractivity contribution is 5.27. The molecule has 4 heteroatoms. The van der Waals surface area contributed by atoms with Crippen LogP contribution in [0.25, 0.3) is 0 Å². The number of ether oxygens (including phenoxy) is 4. The van der Waals surface area contributed by atoms with E-state index in [0.29, 0.717) is 13.2 Å². The van der Waals surface area contributed by atoms with E-state index in [4.69, 9.17) is 18.9 Å². The van der Waals surface area contributed by atoms with Crippen LogP contribution in [0.4, 0.5) is 0 Å². The Balaban J connectivity index is 2.69. The zero-order valence-corrected chi connectivity index (χ0v) is 12.2. The molecule has 1 aromatic rings. The van der Waals surface area contributed by atoms with Gasteiger partial charge in [0.15, 0.2) is 6.29 Å². The standard InChI is InChI=1S/C15H24O4/c1-5-18-14(15(17-4)19-6-2)11-12-7-9-13(16-3)10-8-12/h7-10,14-15H,5-6,11H2,1-4H3. The van der Waals surface area contributed by atoms with Gasteiger partial charge in [0, 0.05) is 26.7 Å². The Kier molecular flexibility index (Phi) is 7.48. The lowest BCUT2D eigenvalue weighted by Crippen LogP contribution is -2.35. The minimum absolute atomic E-state index is 0.108. The molecule has 0 aliphatic carbocycles. The Bertz CT molecular complexity index is 337. The van der Waals surface area contributed by atoms with E-state index in [1.807, 2.05) is 38.1 Å². The third kappa shape index (κ3) is 5.19. The van der Waals surface area contributed by atoms with Gasteiger partial charge in [-0.15, -0.1) is 0 Å². The second kappa shape index (κ2) is 8.91. The zero-order chi connectivity index (χ0) is 14.1. The predicted molar refractivity (Wildman–Crippen MR) is 74.5 cm³/mol.